The summed E-state index contributed by atoms with van der Waals surface area (Å²) in [5, 5.41) is 3.71. The topological polar surface area (TPSA) is 93.9 Å². The van der Waals surface area contributed by atoms with E-state index in [1.807, 2.05) is 19.2 Å². The Labute approximate surface area is 188 Å². The highest BCUT2D eigenvalue weighted by atomic mass is 79.9. The molecule has 0 aliphatic carbocycles. The number of unbranched alkanes of at least 4 members (excludes halogenated alkanes) is 1. The van der Waals surface area contributed by atoms with Crippen molar-refractivity contribution in [3.63, 3.8) is 0 Å². The van der Waals surface area contributed by atoms with Crippen molar-refractivity contribution in [3.05, 3.63) is 61.0 Å². The molecule has 31 heavy (non-hydrogen) atoms. The zero-order valence-electron chi connectivity index (χ0n) is 17.9. The van der Waals surface area contributed by atoms with E-state index in [1.54, 1.807) is 9.13 Å². The molecule has 0 saturated carbocycles. The van der Waals surface area contributed by atoms with E-state index in [9.17, 15) is 9.59 Å². The third-order valence-corrected chi connectivity index (χ3v) is 6.64. The molecule has 2 aromatic heterocycles. The van der Waals surface area contributed by atoms with Crippen LogP contribution in [0.5, 0.6) is 0 Å². The van der Waals surface area contributed by atoms with E-state index in [4.69, 9.17) is 9.72 Å². The van der Waals surface area contributed by atoms with Crippen LogP contribution in [0.1, 0.15) is 44.0 Å². The summed E-state index contributed by atoms with van der Waals surface area (Å²) in [6.45, 7) is 4.43. The highest BCUT2D eigenvalue weighted by Gasteiger charge is 2.34. The zero-order chi connectivity index (χ0) is 22.0. The van der Waals surface area contributed by atoms with Crippen LogP contribution in [0.3, 0.4) is 0 Å². The van der Waals surface area contributed by atoms with Crippen molar-refractivity contribution in [2.75, 3.05) is 13.2 Å². The number of hydrogen-bond donors (Lipinski definition) is 2. The van der Waals surface area contributed by atoms with Gasteiger partial charge in [0.05, 0.1) is 6.54 Å². The van der Waals surface area contributed by atoms with Crippen LogP contribution in [0, 0.1) is 0 Å². The van der Waals surface area contributed by atoms with Gasteiger partial charge >= 0.3 is 5.69 Å². The molecule has 1 aliphatic heterocycles. The van der Waals surface area contributed by atoms with Crippen molar-refractivity contribution in [2.45, 2.75) is 51.2 Å². The lowest BCUT2D eigenvalue weighted by Gasteiger charge is -2.39. The molecule has 166 valence electrons. The van der Waals surface area contributed by atoms with Crippen LogP contribution in [-0.2, 0) is 30.4 Å². The maximum absolute atomic E-state index is 12.5. The molecule has 4 rings (SSSR count). The fourth-order valence-corrected chi connectivity index (χ4v) is 4.69. The van der Waals surface area contributed by atoms with Crippen LogP contribution in [-0.4, -0.2) is 32.3 Å². The van der Waals surface area contributed by atoms with Crippen LogP contribution in [0.15, 0.2) is 38.3 Å². The van der Waals surface area contributed by atoms with Crippen molar-refractivity contribution in [1.29, 1.82) is 0 Å². The maximum Gasteiger partial charge on any atom is 0.330 e. The van der Waals surface area contributed by atoms with E-state index >= 15 is 0 Å². The van der Waals surface area contributed by atoms with Gasteiger partial charge in [-0.15, -0.1) is 0 Å². The smallest absolute Gasteiger partial charge is 0.330 e. The first-order valence-electron chi connectivity index (χ1n) is 10.7. The molecule has 0 unspecified atom stereocenters. The predicted octanol–water partition coefficient (Wildman–Crippen LogP) is 2.78. The van der Waals surface area contributed by atoms with E-state index in [-0.39, 0.29) is 5.54 Å². The number of ether oxygens (including phenoxy) is 1. The van der Waals surface area contributed by atoms with Gasteiger partial charge in [0.1, 0.15) is 5.82 Å². The standard InChI is InChI=1S/C22H28BrN5O3/c1-3-4-10-28-19-18(20(29)26-21(28)30)27(2)17(25-19)14-24-22(8-11-31-12-9-22)15-6-5-7-16(23)13-15/h5-7,13,24H,3-4,8-12,14H2,1-2H3,(H,26,29,30). The summed E-state index contributed by atoms with van der Waals surface area (Å²) in [5.41, 5.74) is 1.03. The van der Waals surface area contributed by atoms with Gasteiger partial charge in [0, 0.05) is 36.8 Å². The third-order valence-electron chi connectivity index (χ3n) is 6.15. The number of imidazole rings is 1. The van der Waals surface area contributed by atoms with Crippen LogP contribution in [0.25, 0.3) is 11.2 Å². The summed E-state index contributed by atoms with van der Waals surface area (Å²) in [7, 11) is 1.83. The van der Waals surface area contributed by atoms with Crippen LogP contribution < -0.4 is 16.6 Å². The largest absolute Gasteiger partial charge is 0.381 e. The van der Waals surface area contributed by atoms with E-state index < -0.39 is 11.2 Å². The second-order valence-corrected chi connectivity index (χ2v) is 9.00. The number of aryl methyl sites for hydroxylation is 2. The van der Waals surface area contributed by atoms with E-state index in [1.165, 1.54) is 5.56 Å². The second kappa shape index (κ2) is 9.10. The molecule has 9 heteroatoms. The zero-order valence-corrected chi connectivity index (χ0v) is 19.5. The summed E-state index contributed by atoms with van der Waals surface area (Å²) in [4.78, 5) is 32.0. The van der Waals surface area contributed by atoms with Crippen molar-refractivity contribution in [1.82, 2.24) is 24.4 Å². The molecule has 8 nitrogen and oxygen atoms in total. The third kappa shape index (κ3) is 4.26. The molecule has 0 radical (unpaired) electrons. The van der Waals surface area contributed by atoms with E-state index in [0.717, 1.165) is 36.0 Å². The maximum atomic E-state index is 12.5. The van der Waals surface area contributed by atoms with Crippen LogP contribution in [0.4, 0.5) is 0 Å². The first-order valence-corrected chi connectivity index (χ1v) is 11.5. The Kier molecular flexibility index (Phi) is 6.45. The number of H-pyrrole nitrogens is 1. The minimum absolute atomic E-state index is 0.242. The predicted molar refractivity (Wildman–Crippen MR) is 123 cm³/mol. The molecule has 1 fully saturated rings. The Morgan fingerprint density at radius 1 is 1.29 bits per heavy atom. The SMILES string of the molecule is CCCCn1c(=O)[nH]c(=O)c2c1nc(CNC1(c3cccc(Br)c3)CCOCC1)n2C. The number of halogens is 1. The Morgan fingerprint density at radius 3 is 2.77 bits per heavy atom. The second-order valence-electron chi connectivity index (χ2n) is 8.08. The Bertz CT molecular complexity index is 1190. The highest BCUT2D eigenvalue weighted by molar-refractivity contribution is 9.10. The van der Waals surface area contributed by atoms with E-state index in [2.05, 4.69) is 45.3 Å². The van der Waals surface area contributed by atoms with Gasteiger partial charge in [-0.25, -0.2) is 9.78 Å². The van der Waals surface area contributed by atoms with Crippen molar-refractivity contribution >= 4 is 27.1 Å². The number of benzene rings is 1. The normalized spacial score (nSPS) is 16.1. The monoisotopic (exact) mass is 489 g/mol. The Hall–Kier alpha value is -2.23. The first-order chi connectivity index (χ1) is 14.9. The lowest BCUT2D eigenvalue weighted by atomic mass is 9.82. The summed E-state index contributed by atoms with van der Waals surface area (Å²) < 4.78 is 10.0. The number of fused-ring (bicyclic) bond motifs is 1. The molecule has 1 aromatic carbocycles. The van der Waals surface area contributed by atoms with Gasteiger partial charge in [-0.3, -0.25) is 14.3 Å². The summed E-state index contributed by atoms with van der Waals surface area (Å²) in [5.74, 6) is 0.720. The van der Waals surface area contributed by atoms with Gasteiger partial charge in [0.25, 0.3) is 5.56 Å². The fourth-order valence-electron chi connectivity index (χ4n) is 4.29. The fraction of sp³-hybridized carbons (Fsp3) is 0.500. The van der Waals surface area contributed by atoms with Crippen molar-refractivity contribution < 1.29 is 4.74 Å². The minimum atomic E-state index is -0.404. The lowest BCUT2D eigenvalue weighted by Crippen LogP contribution is -2.46. The molecule has 1 saturated heterocycles. The van der Waals surface area contributed by atoms with E-state index in [0.29, 0.717) is 37.5 Å². The number of rotatable bonds is 7. The number of aromatic amines is 1. The van der Waals surface area contributed by atoms with Crippen molar-refractivity contribution in [3.8, 4) is 0 Å². The number of nitrogens with zero attached hydrogens (tertiary/aromatic N) is 3. The van der Waals surface area contributed by atoms with Gasteiger partial charge in [0.15, 0.2) is 11.2 Å². The molecule has 0 bridgehead atoms. The van der Waals surface area contributed by atoms with Crippen LogP contribution in [0.2, 0.25) is 0 Å². The van der Waals surface area contributed by atoms with Gasteiger partial charge < -0.3 is 14.6 Å². The molecule has 3 aromatic rings. The highest BCUT2D eigenvalue weighted by Crippen LogP contribution is 2.34. The average Bonchev–Trinajstić information content (AvgIpc) is 3.09. The molecular formula is C22H28BrN5O3. The number of nitrogens with one attached hydrogen (secondary N) is 2. The molecule has 1 aliphatic rings. The van der Waals surface area contributed by atoms with Crippen molar-refractivity contribution in [2.24, 2.45) is 7.05 Å². The molecule has 0 spiro atoms. The quantitative estimate of drug-likeness (QED) is 0.532. The molecule has 0 amide bonds. The molecule has 2 N–H and O–H groups in total. The van der Waals surface area contributed by atoms with Gasteiger partial charge in [-0.05, 0) is 37.0 Å². The van der Waals surface area contributed by atoms with Crippen LogP contribution >= 0.6 is 15.9 Å². The molecule has 3 heterocycles. The first kappa shape index (κ1) is 22.0. The summed E-state index contributed by atoms with van der Waals surface area (Å²) in [6, 6.07) is 8.33. The summed E-state index contributed by atoms with van der Waals surface area (Å²) >= 11 is 3.58. The van der Waals surface area contributed by atoms with Gasteiger partial charge in [-0.1, -0.05) is 41.4 Å². The summed E-state index contributed by atoms with van der Waals surface area (Å²) in [6.07, 6.45) is 3.48. The Balaban J connectivity index is 1.70. The lowest BCUT2D eigenvalue weighted by molar-refractivity contribution is 0.0354. The van der Waals surface area contributed by atoms with Gasteiger partial charge in [0.2, 0.25) is 0 Å². The number of hydrogen-bond acceptors (Lipinski definition) is 5. The van der Waals surface area contributed by atoms with Gasteiger partial charge in [-0.2, -0.15) is 0 Å². The molecule has 0 atom stereocenters. The number of aromatic nitrogens is 4. The average molecular weight is 490 g/mol. The Morgan fingerprint density at radius 2 is 2.06 bits per heavy atom. The molecular weight excluding hydrogens is 462 g/mol. The minimum Gasteiger partial charge on any atom is -0.381 e.